The van der Waals surface area contributed by atoms with E-state index in [9.17, 15) is 0 Å². The molecule has 24 aromatic rings. The molecule has 0 saturated heterocycles. The van der Waals surface area contributed by atoms with Crippen LogP contribution >= 0.6 is 136 Å². The highest BCUT2D eigenvalue weighted by Crippen LogP contribution is 2.55. The highest BCUT2D eigenvalue weighted by Gasteiger charge is 2.28. The van der Waals surface area contributed by atoms with Crippen LogP contribution in [0.5, 0.6) is 0 Å². The van der Waals surface area contributed by atoms with Crippen molar-refractivity contribution in [3.63, 3.8) is 0 Å². The number of benzene rings is 12. The van der Waals surface area contributed by atoms with Gasteiger partial charge in [-0.3, -0.25) is 0 Å². The maximum Gasteiger partial charge on any atom is 0.0449 e. The molecule has 0 fully saturated rings. The van der Waals surface area contributed by atoms with Gasteiger partial charge in [0, 0.05) is 97.5 Å². The number of thiophene rings is 12. The van der Waals surface area contributed by atoms with Crippen LogP contribution in [0.25, 0.3) is 229 Å². The van der Waals surface area contributed by atoms with Gasteiger partial charge in [0.15, 0.2) is 0 Å². The summed E-state index contributed by atoms with van der Waals surface area (Å²) in [4.78, 5) is 26.4. The molecule has 0 atom stereocenters. The maximum absolute atomic E-state index is 2.45. The summed E-state index contributed by atoms with van der Waals surface area (Å²) in [5.74, 6) is 0. The number of fused-ring (bicyclic) bond motifs is 6. The van der Waals surface area contributed by atoms with Gasteiger partial charge in [0.1, 0.15) is 0 Å². The molecule has 0 amide bonds. The van der Waals surface area contributed by atoms with E-state index in [2.05, 4.69) is 401 Å². The summed E-state index contributed by atoms with van der Waals surface area (Å²) in [7, 11) is 0. The summed E-state index contributed by atoms with van der Waals surface area (Å²) in [5.41, 5.74) is 40.3. The molecule has 12 aromatic heterocycles. The normalized spacial score (nSPS) is 11.8. The molecule has 138 heavy (non-hydrogen) atoms. The second kappa shape index (κ2) is 36.0. The maximum atomic E-state index is 2.45. The summed E-state index contributed by atoms with van der Waals surface area (Å²) < 4.78 is 0. The Kier molecular flexibility index (Phi) is 23.6. The number of hydrogen-bond acceptors (Lipinski definition) is 12. The molecular weight excluding hydrogens is 1900 g/mol. The van der Waals surface area contributed by atoms with Crippen molar-refractivity contribution in [1.82, 2.24) is 0 Å². The van der Waals surface area contributed by atoms with Gasteiger partial charge in [-0.1, -0.05) is 97.1 Å². The molecule has 12 heteroatoms. The number of hydrogen-bond donors (Lipinski definition) is 0. The first-order valence-corrected chi connectivity index (χ1v) is 57.1. The Morgan fingerprint density at radius 3 is 0.413 bits per heavy atom. The zero-order valence-corrected chi connectivity index (χ0v) is 90.3. The van der Waals surface area contributed by atoms with Gasteiger partial charge >= 0.3 is 0 Å². The lowest BCUT2D eigenvalue weighted by Crippen LogP contribution is -1.95. The van der Waals surface area contributed by atoms with Gasteiger partial charge in [-0.15, -0.1) is 136 Å². The first kappa shape index (κ1) is 90.4. The summed E-state index contributed by atoms with van der Waals surface area (Å²) in [6.07, 6.45) is 0. The van der Waals surface area contributed by atoms with Gasteiger partial charge in [0.25, 0.3) is 0 Å². The average molecular weight is 2000 g/mol. The van der Waals surface area contributed by atoms with Crippen molar-refractivity contribution in [2.45, 2.75) is 125 Å². The van der Waals surface area contributed by atoms with Crippen LogP contribution in [0.1, 0.15) is 100 Å². The second-order valence-corrected chi connectivity index (χ2v) is 50.0. The van der Waals surface area contributed by atoms with Gasteiger partial charge in [-0.05, 0) is 535 Å². The van der Waals surface area contributed by atoms with Gasteiger partial charge in [0.2, 0.25) is 0 Å². The Hall–Kier alpha value is -11.4. The predicted octanol–water partition coefficient (Wildman–Crippen LogP) is 43.3. The fourth-order valence-electron chi connectivity index (χ4n) is 22.2. The third kappa shape index (κ3) is 15.5. The Labute approximate surface area is 857 Å². The number of rotatable bonds is 16. The molecule has 12 heterocycles. The molecule has 12 aromatic carbocycles. The van der Waals surface area contributed by atoms with E-state index in [0.29, 0.717) is 0 Å². The molecule has 0 aliphatic carbocycles. The van der Waals surface area contributed by atoms with Gasteiger partial charge in [-0.2, -0.15) is 0 Å². The molecule has 0 nitrogen and oxygen atoms in total. The summed E-state index contributed by atoms with van der Waals surface area (Å²) >= 11 is 22.6. The zero-order chi connectivity index (χ0) is 94.8. The molecule has 0 unspecified atom stereocenters. The van der Waals surface area contributed by atoms with Gasteiger partial charge in [0.05, 0.1) is 0 Å². The van der Waals surface area contributed by atoms with Crippen molar-refractivity contribution in [2.75, 3.05) is 0 Å². The fraction of sp³-hybridized carbons (Fsp3) is 0.143. The standard InChI is InChI=1S/C66H56S6.C60H44S6/c1-33-27-45(51-15-13-25-67-51)39(7)61-35(3)29-47(41(9)63(33)61)53-17-21-57(69-53)59-23-19-55(71-59)49-31-37(5)66-44(12)50(32-38(6)65(66)43(49)11)56-20-24-60(72-56)58-22-18-54(70-58)48-30-36(4)62-40(8)46(52-16-14-26-68-52)28-34(2)64(62)42(48)10;1-33-13-19-41(57-35(3)11-17-39(55(33)57)45-9-7-31-61-45)47-23-27-51(63-47)53-29-25-49(65-53)43-21-15-38(6)60-44(22-16-37(5)59(43)60)50-26-30-54(66-50)52-28-24-48(64-52)42-20-14-34(2)56-40(46-10-8-32-62-46)18-12-36(4)58(42)56/h13-32H,1-12H3;7-32H,1-6H3. The molecular formula is C126H100S12. The van der Waals surface area contributed by atoms with Crippen molar-refractivity contribution in [2.24, 2.45) is 0 Å². The van der Waals surface area contributed by atoms with Crippen LogP contribution in [-0.4, -0.2) is 0 Å². The summed E-state index contributed by atoms with van der Waals surface area (Å²) in [5, 5.41) is 25.3. The van der Waals surface area contributed by atoms with Crippen LogP contribution in [-0.2, 0) is 0 Å². The molecule has 0 aliphatic heterocycles. The van der Waals surface area contributed by atoms with Crippen LogP contribution < -0.4 is 0 Å². The molecule has 676 valence electrons. The Balaban J connectivity index is 0.000000155. The Bertz CT molecular complexity index is 8490. The SMILES string of the molecule is Cc1cc(-c2ccc(-c3ccc(-c4cc(C)c5c(C)c(-c6ccc(-c7ccc(-c8cc(C)c9c(C)c(-c%10cccs%10)cc(C)c9c8C)s7)s6)cc(C)c5c4C)s3)s2)c(C)c2c(C)cc(-c3cccs3)c(C)c12.Cc1ccc(-c2ccc(-c3ccc(-c4ccc(C)c5c(-c6ccc(-c7ccc(-c8ccc(C)c9c(-c%10cccs%10)ccc(C)c89)s7)s6)ccc(C)c45)s3)s2)c2c(C)ccc(-c3cccs3)c12. The third-order valence-electron chi connectivity index (χ3n) is 28.8. The monoisotopic (exact) mass is 2000 g/mol. The van der Waals surface area contributed by atoms with Crippen LogP contribution in [0, 0.1) is 125 Å². The minimum Gasteiger partial charge on any atom is -0.144 e. The molecule has 0 N–H and O–H groups in total. The van der Waals surface area contributed by atoms with E-state index in [1.54, 1.807) is 0 Å². The molecule has 0 bridgehead atoms. The van der Waals surface area contributed by atoms with Crippen LogP contribution in [0.2, 0.25) is 0 Å². The lowest BCUT2D eigenvalue weighted by Gasteiger charge is -2.18. The van der Waals surface area contributed by atoms with Crippen LogP contribution in [0.15, 0.2) is 276 Å². The van der Waals surface area contributed by atoms with Crippen molar-refractivity contribution < 1.29 is 0 Å². The van der Waals surface area contributed by atoms with E-state index in [4.69, 9.17) is 0 Å². The van der Waals surface area contributed by atoms with Crippen LogP contribution in [0.4, 0.5) is 0 Å². The quantitative estimate of drug-likeness (QED) is 0.0904. The predicted molar refractivity (Wildman–Crippen MR) is 625 cm³/mol. The molecule has 0 aliphatic rings. The van der Waals surface area contributed by atoms with Crippen molar-refractivity contribution in [3.05, 3.63) is 376 Å². The molecule has 0 spiro atoms. The fourth-order valence-corrected chi connectivity index (χ4v) is 34.1. The molecule has 24 rings (SSSR count). The van der Waals surface area contributed by atoms with Gasteiger partial charge in [-0.25, -0.2) is 0 Å². The van der Waals surface area contributed by atoms with E-state index >= 15 is 0 Å². The minimum atomic E-state index is 1.31. The van der Waals surface area contributed by atoms with E-state index in [1.165, 1.54) is 329 Å². The van der Waals surface area contributed by atoms with E-state index < -0.39 is 0 Å². The largest absolute Gasteiger partial charge is 0.144 e. The minimum absolute atomic E-state index is 1.31. The van der Waals surface area contributed by atoms with Crippen molar-refractivity contribution >= 4 is 201 Å². The van der Waals surface area contributed by atoms with E-state index in [1.807, 2.05) is 136 Å². The summed E-state index contributed by atoms with van der Waals surface area (Å²) in [6, 6.07) is 97.4. The first-order valence-electron chi connectivity index (χ1n) is 47.1. The van der Waals surface area contributed by atoms with Crippen molar-refractivity contribution in [3.8, 4) is 164 Å². The topological polar surface area (TPSA) is 0 Å². The lowest BCUT2D eigenvalue weighted by atomic mass is 9.87. The van der Waals surface area contributed by atoms with E-state index in [-0.39, 0.29) is 0 Å². The van der Waals surface area contributed by atoms with E-state index in [0.717, 1.165) is 0 Å². The highest BCUT2D eigenvalue weighted by molar-refractivity contribution is 7.27. The highest BCUT2D eigenvalue weighted by atomic mass is 32.1. The number of aryl methyl sites for hydroxylation is 18. The average Bonchev–Trinajstić information content (AvgIpc) is 1.56. The Morgan fingerprint density at radius 1 is 0.116 bits per heavy atom. The smallest absolute Gasteiger partial charge is 0.0449 e. The molecule has 0 saturated carbocycles. The van der Waals surface area contributed by atoms with Crippen molar-refractivity contribution in [1.29, 1.82) is 0 Å². The zero-order valence-electron chi connectivity index (χ0n) is 80.5. The van der Waals surface area contributed by atoms with Gasteiger partial charge < -0.3 is 0 Å². The lowest BCUT2D eigenvalue weighted by molar-refractivity contribution is 1.39. The first-order chi connectivity index (χ1) is 66.9. The molecule has 0 radical (unpaired) electrons. The third-order valence-corrected chi connectivity index (χ3v) is 42.1. The Morgan fingerprint density at radius 2 is 0.254 bits per heavy atom. The van der Waals surface area contributed by atoms with Crippen LogP contribution in [0.3, 0.4) is 0 Å². The second-order valence-electron chi connectivity index (χ2n) is 37.5. The summed E-state index contributed by atoms with van der Waals surface area (Å²) in [6.45, 7) is 41.3.